The summed E-state index contributed by atoms with van der Waals surface area (Å²) < 4.78 is 5.00. The SMILES string of the molecule is COc1ccc(/C=C/NC=O)cc1.[PbH2]. The van der Waals surface area contributed by atoms with Gasteiger partial charge in [0.25, 0.3) is 0 Å². The Morgan fingerprint density at radius 1 is 1.29 bits per heavy atom. The zero-order valence-electron chi connectivity index (χ0n) is 8.07. The Bertz CT molecular complexity index is 295. The molecule has 1 aromatic carbocycles. The van der Waals surface area contributed by atoms with Crippen molar-refractivity contribution in [1.29, 1.82) is 0 Å². The third-order valence-corrected chi connectivity index (χ3v) is 1.56. The van der Waals surface area contributed by atoms with Crippen LogP contribution in [0.2, 0.25) is 0 Å². The van der Waals surface area contributed by atoms with Crippen molar-refractivity contribution >= 4 is 39.8 Å². The van der Waals surface area contributed by atoms with E-state index in [1.54, 1.807) is 19.4 Å². The topological polar surface area (TPSA) is 38.3 Å². The second kappa shape index (κ2) is 7.55. The number of carbonyl (C=O) groups is 1. The molecule has 1 amide bonds. The summed E-state index contributed by atoms with van der Waals surface area (Å²) in [6, 6.07) is 7.53. The molecule has 1 N–H and O–H groups in total. The molecule has 0 fully saturated rings. The number of methoxy groups -OCH3 is 1. The minimum atomic E-state index is 0. The summed E-state index contributed by atoms with van der Waals surface area (Å²) in [4.78, 5) is 9.91. The number of rotatable bonds is 4. The number of amides is 1. The maximum absolute atomic E-state index is 9.91. The predicted octanol–water partition coefficient (Wildman–Crippen LogP) is 0.496. The van der Waals surface area contributed by atoms with E-state index in [0.29, 0.717) is 6.41 Å². The van der Waals surface area contributed by atoms with Crippen LogP contribution in [0.15, 0.2) is 30.5 Å². The van der Waals surface area contributed by atoms with Crippen LogP contribution in [0.3, 0.4) is 0 Å². The predicted molar refractivity (Wildman–Crippen MR) is 59.8 cm³/mol. The van der Waals surface area contributed by atoms with Crippen molar-refractivity contribution in [3.63, 3.8) is 0 Å². The molecule has 0 aliphatic carbocycles. The molecule has 0 unspecified atom stereocenters. The molecule has 14 heavy (non-hydrogen) atoms. The fraction of sp³-hybridized carbons (Fsp3) is 0.100. The van der Waals surface area contributed by atoms with Gasteiger partial charge in [-0.15, -0.1) is 0 Å². The Hall–Kier alpha value is -0.848. The Balaban J connectivity index is 0.00000169. The van der Waals surface area contributed by atoms with E-state index in [4.69, 9.17) is 4.74 Å². The van der Waals surface area contributed by atoms with Crippen LogP contribution in [-0.2, 0) is 4.79 Å². The summed E-state index contributed by atoms with van der Waals surface area (Å²) in [5, 5.41) is 2.43. The van der Waals surface area contributed by atoms with E-state index in [1.807, 2.05) is 24.3 Å². The van der Waals surface area contributed by atoms with Gasteiger partial charge in [0.1, 0.15) is 5.75 Å². The Kier molecular flexibility index (Phi) is 7.09. The number of benzene rings is 1. The van der Waals surface area contributed by atoms with Crippen molar-refractivity contribution in [2.45, 2.75) is 0 Å². The molecule has 1 rings (SSSR count). The summed E-state index contributed by atoms with van der Waals surface area (Å²) >= 11 is 0. The standard InChI is InChI=1S/C10H11NO2.Pb.2H/c1-13-10-4-2-9(3-5-10)6-7-11-8-12;;;/h2-8H,1H3,(H,11,12);;;/b7-6+;;;. The molecular formula is C10H13NO2Pb. The quantitative estimate of drug-likeness (QED) is 0.605. The summed E-state index contributed by atoms with van der Waals surface area (Å²) in [6.45, 7) is 0. The molecule has 0 saturated heterocycles. The molecule has 1 aromatic rings. The van der Waals surface area contributed by atoms with Gasteiger partial charge in [0, 0.05) is 6.20 Å². The Morgan fingerprint density at radius 3 is 2.43 bits per heavy atom. The van der Waals surface area contributed by atoms with Gasteiger partial charge in [0.2, 0.25) is 6.41 Å². The van der Waals surface area contributed by atoms with Crippen LogP contribution in [0, 0.1) is 0 Å². The van der Waals surface area contributed by atoms with Crippen molar-refractivity contribution < 1.29 is 9.53 Å². The number of hydrogen-bond donors (Lipinski definition) is 1. The van der Waals surface area contributed by atoms with Crippen LogP contribution < -0.4 is 10.1 Å². The van der Waals surface area contributed by atoms with Crippen LogP contribution >= 0.6 is 0 Å². The Labute approximate surface area is 103 Å². The molecule has 0 aliphatic heterocycles. The number of carbonyl (C=O) groups excluding carboxylic acids is 1. The van der Waals surface area contributed by atoms with E-state index in [9.17, 15) is 4.79 Å². The maximum atomic E-state index is 9.91. The van der Waals surface area contributed by atoms with E-state index >= 15 is 0 Å². The molecule has 0 saturated carbocycles. The van der Waals surface area contributed by atoms with E-state index < -0.39 is 0 Å². The van der Waals surface area contributed by atoms with Crippen LogP contribution in [0.25, 0.3) is 6.08 Å². The van der Waals surface area contributed by atoms with Gasteiger partial charge in [-0.25, -0.2) is 0 Å². The molecule has 0 bridgehead atoms. The van der Waals surface area contributed by atoms with E-state index in [2.05, 4.69) is 5.32 Å². The molecule has 0 atom stereocenters. The van der Waals surface area contributed by atoms with Crippen molar-refractivity contribution in [3.8, 4) is 5.75 Å². The molecule has 4 heteroatoms. The van der Waals surface area contributed by atoms with Gasteiger partial charge >= 0.3 is 27.3 Å². The fourth-order valence-corrected chi connectivity index (χ4v) is 0.899. The van der Waals surface area contributed by atoms with Gasteiger partial charge in [-0.05, 0) is 23.8 Å². The normalized spacial score (nSPS) is 9.21. The number of ether oxygens (including phenoxy) is 1. The second-order valence-electron chi connectivity index (χ2n) is 2.39. The van der Waals surface area contributed by atoms with Crippen molar-refractivity contribution in [1.82, 2.24) is 5.32 Å². The molecule has 0 spiro atoms. The first kappa shape index (κ1) is 13.2. The first-order valence-electron chi connectivity index (χ1n) is 3.87. The zero-order valence-corrected chi connectivity index (χ0v) is 13.6. The van der Waals surface area contributed by atoms with Crippen molar-refractivity contribution in [2.24, 2.45) is 0 Å². The van der Waals surface area contributed by atoms with Crippen LogP contribution in [-0.4, -0.2) is 40.8 Å². The van der Waals surface area contributed by atoms with Gasteiger partial charge in [0.05, 0.1) is 7.11 Å². The molecule has 74 valence electrons. The summed E-state index contributed by atoms with van der Waals surface area (Å²) in [5.41, 5.74) is 1.01. The summed E-state index contributed by atoms with van der Waals surface area (Å²) in [6.07, 6.45) is 4.00. The fourth-order valence-electron chi connectivity index (χ4n) is 0.899. The first-order chi connectivity index (χ1) is 6.36. The van der Waals surface area contributed by atoms with Crippen LogP contribution in [0.1, 0.15) is 5.56 Å². The molecule has 0 heterocycles. The number of hydrogen-bond acceptors (Lipinski definition) is 2. The molecule has 2 radical (unpaired) electrons. The van der Waals surface area contributed by atoms with Crippen LogP contribution in [0.4, 0.5) is 0 Å². The minimum absolute atomic E-state index is 0. The summed E-state index contributed by atoms with van der Waals surface area (Å²) in [5.74, 6) is 0.820. The van der Waals surface area contributed by atoms with Gasteiger partial charge in [-0.1, -0.05) is 12.1 Å². The molecular weight excluding hydrogens is 373 g/mol. The molecule has 3 nitrogen and oxygen atoms in total. The molecule has 0 aliphatic rings. The van der Waals surface area contributed by atoms with E-state index in [1.165, 1.54) is 0 Å². The van der Waals surface area contributed by atoms with Gasteiger partial charge < -0.3 is 10.1 Å². The third-order valence-electron chi connectivity index (χ3n) is 1.56. The Morgan fingerprint density at radius 2 is 1.93 bits per heavy atom. The van der Waals surface area contributed by atoms with Gasteiger partial charge in [0.15, 0.2) is 0 Å². The average Bonchev–Trinajstić information content (AvgIpc) is 2.19. The van der Waals surface area contributed by atoms with Gasteiger partial charge in [-0.3, -0.25) is 4.79 Å². The van der Waals surface area contributed by atoms with Crippen LogP contribution in [0.5, 0.6) is 5.75 Å². The number of nitrogens with one attached hydrogen (secondary N) is 1. The first-order valence-corrected chi connectivity index (χ1v) is 3.87. The van der Waals surface area contributed by atoms with E-state index in [0.717, 1.165) is 11.3 Å². The third kappa shape index (κ3) is 4.41. The summed E-state index contributed by atoms with van der Waals surface area (Å²) in [7, 11) is 1.62. The average molecular weight is 386 g/mol. The van der Waals surface area contributed by atoms with Gasteiger partial charge in [-0.2, -0.15) is 0 Å². The second-order valence-corrected chi connectivity index (χ2v) is 2.39. The van der Waals surface area contributed by atoms with Crippen molar-refractivity contribution in [2.75, 3.05) is 7.11 Å². The van der Waals surface area contributed by atoms with Crippen molar-refractivity contribution in [3.05, 3.63) is 36.0 Å². The van der Waals surface area contributed by atoms with E-state index in [-0.39, 0.29) is 27.3 Å². The zero-order chi connectivity index (χ0) is 9.52. The molecule has 0 aromatic heterocycles. The monoisotopic (exact) mass is 387 g/mol.